The van der Waals surface area contributed by atoms with Crippen molar-refractivity contribution in [2.75, 3.05) is 11.1 Å². The molecule has 0 spiro atoms. The average Bonchev–Trinajstić information content (AvgIpc) is 2.85. The zero-order valence-corrected chi connectivity index (χ0v) is 12.4. The Labute approximate surface area is 119 Å². The Morgan fingerprint density at radius 1 is 1.26 bits per heavy atom. The number of fused-ring (bicyclic) bond motifs is 2. The van der Waals surface area contributed by atoms with E-state index in [0.717, 1.165) is 23.6 Å². The van der Waals surface area contributed by atoms with Gasteiger partial charge in [0.15, 0.2) is 0 Å². The Kier molecular flexibility index (Phi) is 2.76. The third-order valence-corrected chi connectivity index (χ3v) is 6.34. The Balaban J connectivity index is 1.49. The highest BCUT2D eigenvalue weighted by molar-refractivity contribution is 7.10. The molecule has 3 nitrogen and oxygen atoms in total. The van der Waals surface area contributed by atoms with Gasteiger partial charge in [0.05, 0.1) is 0 Å². The molecule has 0 aliphatic heterocycles. The zero-order valence-electron chi connectivity index (χ0n) is 11.6. The molecule has 3 N–H and O–H groups in total. The Morgan fingerprint density at radius 2 is 2.11 bits per heavy atom. The van der Waals surface area contributed by atoms with Gasteiger partial charge < -0.3 is 11.1 Å². The second kappa shape index (κ2) is 4.37. The summed E-state index contributed by atoms with van der Waals surface area (Å²) in [5.41, 5.74) is 7.35. The van der Waals surface area contributed by atoms with Gasteiger partial charge in [-0.25, -0.2) is 0 Å². The number of rotatable bonds is 4. The minimum Gasteiger partial charge on any atom is -0.383 e. The lowest BCUT2D eigenvalue weighted by atomic mass is 9.84. The molecule has 3 saturated carbocycles. The molecule has 4 heteroatoms. The third kappa shape index (κ3) is 2.04. The first-order valence-electron chi connectivity index (χ1n) is 7.74. The van der Waals surface area contributed by atoms with Crippen molar-refractivity contribution in [2.45, 2.75) is 57.4 Å². The second-order valence-electron chi connectivity index (χ2n) is 6.86. The van der Waals surface area contributed by atoms with E-state index < -0.39 is 0 Å². The molecule has 0 amide bonds. The number of hydrogen-bond acceptors (Lipinski definition) is 4. The van der Waals surface area contributed by atoms with Gasteiger partial charge in [0.1, 0.15) is 10.8 Å². The molecule has 1 aromatic heterocycles. The van der Waals surface area contributed by atoms with E-state index in [2.05, 4.69) is 16.6 Å². The van der Waals surface area contributed by atoms with Crippen LogP contribution in [0, 0.1) is 17.8 Å². The van der Waals surface area contributed by atoms with Crippen molar-refractivity contribution in [1.29, 1.82) is 0 Å². The lowest BCUT2D eigenvalue weighted by Crippen LogP contribution is -2.29. The molecule has 1 heterocycles. The minimum atomic E-state index is 0.577. The highest BCUT2D eigenvalue weighted by atomic mass is 32.1. The van der Waals surface area contributed by atoms with E-state index >= 15 is 0 Å². The summed E-state index contributed by atoms with van der Waals surface area (Å²) in [6.45, 7) is 2.36. The molecular weight excluding hydrogens is 254 g/mol. The van der Waals surface area contributed by atoms with E-state index in [9.17, 15) is 0 Å². The van der Waals surface area contributed by atoms with Crippen LogP contribution in [0.2, 0.25) is 0 Å². The normalized spacial score (nSPS) is 34.7. The number of nitrogens with two attached hydrogens (primary N) is 1. The molecule has 0 radical (unpaired) electrons. The van der Waals surface area contributed by atoms with Crippen LogP contribution in [-0.4, -0.2) is 10.4 Å². The van der Waals surface area contributed by atoms with Crippen molar-refractivity contribution < 1.29 is 0 Å². The maximum atomic E-state index is 6.03. The summed E-state index contributed by atoms with van der Waals surface area (Å²) in [5, 5.41) is 5.01. The number of anilines is 2. The third-order valence-electron chi connectivity index (χ3n) is 5.54. The summed E-state index contributed by atoms with van der Waals surface area (Å²) < 4.78 is 4.36. The first-order chi connectivity index (χ1) is 9.22. The number of nitrogens with zero attached hydrogens (tertiary/aromatic N) is 1. The van der Waals surface area contributed by atoms with Crippen LogP contribution in [0.15, 0.2) is 0 Å². The summed E-state index contributed by atoms with van der Waals surface area (Å²) in [6.07, 6.45) is 8.44. The molecule has 1 aromatic rings. The summed E-state index contributed by atoms with van der Waals surface area (Å²) in [5.74, 6) is 4.33. The quantitative estimate of drug-likeness (QED) is 0.879. The average molecular weight is 277 g/mol. The predicted molar refractivity (Wildman–Crippen MR) is 80.5 cm³/mol. The van der Waals surface area contributed by atoms with Crippen LogP contribution >= 0.6 is 11.5 Å². The standard InChI is InChI=1S/C15H23N3S/c1-8(12-7-9-2-3-11(12)6-9)17-15-13(10-4-5-10)14(16)18-19-15/h8-12,17H,2-7H2,1H3,(H2,16,18). The first kappa shape index (κ1) is 12.0. The van der Waals surface area contributed by atoms with Gasteiger partial charge in [-0.1, -0.05) is 6.42 Å². The molecule has 2 bridgehead atoms. The van der Waals surface area contributed by atoms with Gasteiger partial charge in [0, 0.05) is 11.6 Å². The van der Waals surface area contributed by atoms with Crippen LogP contribution in [0.25, 0.3) is 0 Å². The molecule has 3 aliphatic rings. The van der Waals surface area contributed by atoms with E-state index in [4.69, 9.17) is 5.73 Å². The molecule has 4 unspecified atom stereocenters. The lowest BCUT2D eigenvalue weighted by molar-refractivity contribution is 0.304. The highest BCUT2D eigenvalue weighted by Gasteiger charge is 2.42. The van der Waals surface area contributed by atoms with Gasteiger partial charge in [-0.2, -0.15) is 4.37 Å². The fourth-order valence-electron chi connectivity index (χ4n) is 4.40. The second-order valence-corrected chi connectivity index (χ2v) is 7.63. The number of nitrogens with one attached hydrogen (secondary N) is 1. The van der Waals surface area contributed by atoms with Crippen molar-refractivity contribution in [2.24, 2.45) is 17.8 Å². The number of aromatic nitrogens is 1. The van der Waals surface area contributed by atoms with Gasteiger partial charge in [0.2, 0.25) is 0 Å². The van der Waals surface area contributed by atoms with E-state index in [1.54, 1.807) is 11.5 Å². The van der Waals surface area contributed by atoms with Crippen molar-refractivity contribution >= 4 is 22.4 Å². The predicted octanol–water partition coefficient (Wildman–Crippen LogP) is 3.84. The first-order valence-corrected chi connectivity index (χ1v) is 8.51. The van der Waals surface area contributed by atoms with Crippen LogP contribution < -0.4 is 11.1 Å². The fraction of sp³-hybridized carbons (Fsp3) is 0.800. The maximum Gasteiger partial charge on any atom is 0.142 e. The fourth-order valence-corrected chi connectivity index (χ4v) is 5.30. The molecule has 0 aromatic carbocycles. The largest absolute Gasteiger partial charge is 0.383 e. The van der Waals surface area contributed by atoms with Crippen molar-refractivity contribution in [1.82, 2.24) is 4.37 Å². The van der Waals surface area contributed by atoms with Gasteiger partial charge in [0.25, 0.3) is 0 Å². The Hall–Kier alpha value is -0.770. The van der Waals surface area contributed by atoms with Gasteiger partial charge in [-0.3, -0.25) is 0 Å². The van der Waals surface area contributed by atoms with Crippen LogP contribution in [0.5, 0.6) is 0 Å². The Morgan fingerprint density at radius 3 is 2.74 bits per heavy atom. The molecule has 4 rings (SSSR count). The number of nitrogen functional groups attached to an aromatic ring is 1. The Bertz CT molecular complexity index is 480. The molecule has 4 atom stereocenters. The van der Waals surface area contributed by atoms with E-state index in [1.165, 1.54) is 49.1 Å². The molecular formula is C15H23N3S. The van der Waals surface area contributed by atoms with Crippen molar-refractivity contribution in [3.63, 3.8) is 0 Å². The lowest BCUT2D eigenvalue weighted by Gasteiger charge is -2.29. The zero-order chi connectivity index (χ0) is 13.0. The molecule has 3 aliphatic carbocycles. The van der Waals surface area contributed by atoms with Gasteiger partial charge >= 0.3 is 0 Å². The molecule has 0 saturated heterocycles. The van der Waals surface area contributed by atoms with Gasteiger partial charge in [-0.05, 0) is 74.2 Å². The van der Waals surface area contributed by atoms with Gasteiger partial charge in [-0.15, -0.1) is 0 Å². The summed E-state index contributed by atoms with van der Waals surface area (Å²) >= 11 is 1.57. The van der Waals surface area contributed by atoms with Crippen LogP contribution in [0.3, 0.4) is 0 Å². The van der Waals surface area contributed by atoms with Crippen LogP contribution in [0.4, 0.5) is 10.8 Å². The van der Waals surface area contributed by atoms with Crippen molar-refractivity contribution in [3.8, 4) is 0 Å². The highest BCUT2D eigenvalue weighted by Crippen LogP contribution is 2.51. The summed E-state index contributed by atoms with van der Waals surface area (Å²) in [4.78, 5) is 0. The number of hydrogen-bond donors (Lipinski definition) is 2. The van der Waals surface area contributed by atoms with Crippen LogP contribution in [0.1, 0.15) is 56.9 Å². The van der Waals surface area contributed by atoms with E-state index in [-0.39, 0.29) is 0 Å². The van der Waals surface area contributed by atoms with E-state index in [1.807, 2.05) is 0 Å². The summed E-state index contributed by atoms with van der Waals surface area (Å²) in [6, 6.07) is 0.577. The smallest absolute Gasteiger partial charge is 0.142 e. The maximum absolute atomic E-state index is 6.03. The monoisotopic (exact) mass is 277 g/mol. The SMILES string of the molecule is CC(Nc1snc(N)c1C1CC1)C1CC2CCC1C2. The summed E-state index contributed by atoms with van der Waals surface area (Å²) in [7, 11) is 0. The topological polar surface area (TPSA) is 50.9 Å². The molecule has 3 fully saturated rings. The van der Waals surface area contributed by atoms with Crippen LogP contribution in [-0.2, 0) is 0 Å². The van der Waals surface area contributed by atoms with E-state index in [0.29, 0.717) is 12.0 Å². The minimum absolute atomic E-state index is 0.577. The van der Waals surface area contributed by atoms with Crippen molar-refractivity contribution in [3.05, 3.63) is 5.56 Å². The molecule has 19 heavy (non-hydrogen) atoms. The molecule has 104 valence electrons.